The number of imidazole rings is 1. The quantitative estimate of drug-likeness (QED) is 0.439. The Bertz CT molecular complexity index is 1050. The summed E-state index contributed by atoms with van der Waals surface area (Å²) in [4.78, 5) is 39.1. The number of aryl methyl sites for hydroxylation is 1. The number of hydrogen-bond acceptors (Lipinski definition) is 5. The van der Waals surface area contributed by atoms with Gasteiger partial charge in [-0.15, -0.1) is 0 Å². The van der Waals surface area contributed by atoms with E-state index in [0.29, 0.717) is 23.4 Å². The van der Waals surface area contributed by atoms with Crippen LogP contribution >= 0.6 is 0 Å². The van der Waals surface area contributed by atoms with Crippen LogP contribution in [0.2, 0.25) is 0 Å². The van der Waals surface area contributed by atoms with Crippen LogP contribution in [0.4, 0.5) is 11.4 Å². The van der Waals surface area contributed by atoms with Crippen molar-refractivity contribution in [2.24, 2.45) is 0 Å². The molecular formula is C21H21N5O4. The van der Waals surface area contributed by atoms with E-state index in [1.807, 2.05) is 0 Å². The Morgan fingerprint density at radius 3 is 2.73 bits per heavy atom. The van der Waals surface area contributed by atoms with Gasteiger partial charge < -0.3 is 15.2 Å². The highest BCUT2D eigenvalue weighted by Gasteiger charge is 2.15. The number of carbonyl (C=O) groups is 2. The van der Waals surface area contributed by atoms with Crippen molar-refractivity contribution < 1.29 is 14.5 Å². The van der Waals surface area contributed by atoms with Gasteiger partial charge in [-0.2, -0.15) is 0 Å². The molecule has 30 heavy (non-hydrogen) atoms. The Kier molecular flexibility index (Phi) is 6.53. The van der Waals surface area contributed by atoms with Crippen LogP contribution < -0.4 is 10.6 Å². The van der Waals surface area contributed by atoms with Crippen molar-refractivity contribution in [3.05, 3.63) is 88.5 Å². The first-order valence-electron chi connectivity index (χ1n) is 9.33. The zero-order valence-electron chi connectivity index (χ0n) is 16.3. The summed E-state index contributed by atoms with van der Waals surface area (Å²) in [6.45, 7) is 2.26. The van der Waals surface area contributed by atoms with Crippen molar-refractivity contribution in [3.8, 4) is 0 Å². The normalized spacial score (nSPS) is 11.5. The van der Waals surface area contributed by atoms with Gasteiger partial charge in [0.15, 0.2) is 0 Å². The lowest BCUT2D eigenvalue weighted by Gasteiger charge is -2.15. The number of nitrogens with zero attached hydrogens (tertiary/aromatic N) is 3. The molecule has 1 heterocycles. The molecule has 3 aromatic rings. The number of non-ortho nitro benzene ring substituents is 1. The summed E-state index contributed by atoms with van der Waals surface area (Å²) in [5.41, 5.74) is 1.48. The molecule has 0 aliphatic carbocycles. The molecule has 154 valence electrons. The van der Waals surface area contributed by atoms with Crippen molar-refractivity contribution in [1.82, 2.24) is 14.9 Å². The number of anilines is 1. The zero-order chi connectivity index (χ0) is 21.5. The minimum absolute atomic E-state index is 0.0333. The topological polar surface area (TPSA) is 119 Å². The fourth-order valence-electron chi connectivity index (χ4n) is 2.88. The first kappa shape index (κ1) is 20.7. The van der Waals surface area contributed by atoms with Gasteiger partial charge in [0.2, 0.25) is 5.91 Å². The molecule has 0 aliphatic rings. The van der Waals surface area contributed by atoms with Crippen molar-refractivity contribution in [3.63, 3.8) is 0 Å². The molecule has 0 spiro atoms. The van der Waals surface area contributed by atoms with Gasteiger partial charge in [0.25, 0.3) is 11.6 Å². The number of carbonyl (C=O) groups excluding carboxylic acids is 2. The highest BCUT2D eigenvalue weighted by Crippen LogP contribution is 2.20. The number of nitrogens with one attached hydrogen (secondary N) is 2. The Morgan fingerprint density at radius 2 is 2.00 bits per heavy atom. The van der Waals surface area contributed by atoms with Crippen LogP contribution in [0, 0.1) is 10.1 Å². The van der Waals surface area contributed by atoms with Crippen LogP contribution in [0.1, 0.15) is 35.3 Å². The van der Waals surface area contributed by atoms with Gasteiger partial charge in [0.1, 0.15) is 0 Å². The number of rotatable bonds is 8. The fourth-order valence-corrected chi connectivity index (χ4v) is 2.88. The molecule has 9 nitrogen and oxygen atoms in total. The van der Waals surface area contributed by atoms with Crippen LogP contribution in [0.15, 0.2) is 67.3 Å². The molecule has 2 N–H and O–H groups in total. The molecule has 0 aliphatic heterocycles. The van der Waals surface area contributed by atoms with Gasteiger partial charge in [-0.1, -0.05) is 18.2 Å². The minimum Gasteiger partial charge on any atom is -0.346 e. The molecule has 2 amide bonds. The standard InChI is InChI=1S/C21H21N5O4/c1-15(16-4-3-7-19(13-16)26(29)30)23-21(28)17-5-2-6-18(12-17)24-20(27)8-10-25-11-9-22-14-25/h2-7,9,11-15H,8,10H2,1H3,(H,23,28)(H,24,27). The van der Waals surface area contributed by atoms with Crippen LogP contribution in [0.5, 0.6) is 0 Å². The van der Waals surface area contributed by atoms with Crippen LogP contribution in [0.25, 0.3) is 0 Å². The van der Waals surface area contributed by atoms with Crippen molar-refractivity contribution in [2.45, 2.75) is 25.9 Å². The molecule has 0 bridgehead atoms. The van der Waals surface area contributed by atoms with E-state index in [4.69, 9.17) is 0 Å². The molecule has 1 unspecified atom stereocenters. The average molecular weight is 407 g/mol. The third-order valence-electron chi connectivity index (χ3n) is 4.49. The number of amides is 2. The highest BCUT2D eigenvalue weighted by molar-refractivity contribution is 5.97. The van der Waals surface area contributed by atoms with Crippen LogP contribution in [-0.4, -0.2) is 26.3 Å². The number of aromatic nitrogens is 2. The predicted molar refractivity (Wildman–Crippen MR) is 111 cm³/mol. The average Bonchev–Trinajstić information content (AvgIpc) is 3.26. The predicted octanol–water partition coefficient (Wildman–Crippen LogP) is 3.31. The second-order valence-electron chi connectivity index (χ2n) is 6.73. The third-order valence-corrected chi connectivity index (χ3v) is 4.49. The summed E-state index contributed by atoms with van der Waals surface area (Å²) < 4.78 is 1.80. The molecule has 0 saturated carbocycles. The molecule has 2 aromatic carbocycles. The summed E-state index contributed by atoms with van der Waals surface area (Å²) in [5, 5.41) is 16.5. The zero-order valence-corrected chi connectivity index (χ0v) is 16.3. The van der Waals surface area contributed by atoms with E-state index in [2.05, 4.69) is 15.6 Å². The molecule has 1 aromatic heterocycles. The lowest BCUT2D eigenvalue weighted by molar-refractivity contribution is -0.384. The van der Waals surface area contributed by atoms with Gasteiger partial charge in [-0.3, -0.25) is 19.7 Å². The molecule has 1 atom stereocenters. The van der Waals surface area contributed by atoms with E-state index in [9.17, 15) is 19.7 Å². The molecule has 0 radical (unpaired) electrons. The minimum atomic E-state index is -0.475. The van der Waals surface area contributed by atoms with Crippen molar-refractivity contribution in [2.75, 3.05) is 5.32 Å². The summed E-state index contributed by atoms with van der Waals surface area (Å²) >= 11 is 0. The molecule has 9 heteroatoms. The lowest BCUT2D eigenvalue weighted by atomic mass is 10.1. The maximum absolute atomic E-state index is 12.6. The fraction of sp³-hybridized carbons (Fsp3) is 0.190. The largest absolute Gasteiger partial charge is 0.346 e. The van der Waals surface area contributed by atoms with Gasteiger partial charge in [0.05, 0.1) is 17.3 Å². The Hall–Kier alpha value is -4.01. The maximum atomic E-state index is 12.6. The number of benzene rings is 2. The van der Waals surface area contributed by atoms with Crippen LogP contribution in [0.3, 0.4) is 0 Å². The van der Waals surface area contributed by atoms with E-state index in [0.717, 1.165) is 0 Å². The van der Waals surface area contributed by atoms with E-state index in [1.165, 1.54) is 12.1 Å². The van der Waals surface area contributed by atoms with Crippen LogP contribution in [-0.2, 0) is 11.3 Å². The van der Waals surface area contributed by atoms with E-state index in [1.54, 1.807) is 66.6 Å². The summed E-state index contributed by atoms with van der Waals surface area (Å²) in [6, 6.07) is 12.3. The van der Waals surface area contributed by atoms with Gasteiger partial charge >= 0.3 is 0 Å². The summed E-state index contributed by atoms with van der Waals surface area (Å²) in [5.74, 6) is -0.519. The summed E-state index contributed by atoms with van der Waals surface area (Å²) in [6.07, 6.45) is 5.34. The second kappa shape index (κ2) is 9.46. The van der Waals surface area contributed by atoms with Crippen molar-refractivity contribution in [1.29, 1.82) is 0 Å². The summed E-state index contributed by atoms with van der Waals surface area (Å²) in [7, 11) is 0. The Morgan fingerprint density at radius 1 is 1.20 bits per heavy atom. The molecule has 3 rings (SSSR count). The number of nitro benzene ring substituents is 1. The van der Waals surface area contributed by atoms with Gasteiger partial charge in [-0.05, 0) is 30.7 Å². The van der Waals surface area contributed by atoms with E-state index < -0.39 is 11.0 Å². The monoisotopic (exact) mass is 407 g/mol. The van der Waals surface area contributed by atoms with Gasteiger partial charge in [0, 0.05) is 48.7 Å². The highest BCUT2D eigenvalue weighted by atomic mass is 16.6. The molecule has 0 saturated heterocycles. The smallest absolute Gasteiger partial charge is 0.269 e. The second-order valence-corrected chi connectivity index (χ2v) is 6.73. The molecular weight excluding hydrogens is 386 g/mol. The molecule has 0 fully saturated rings. The SMILES string of the molecule is CC(NC(=O)c1cccc(NC(=O)CCn2ccnc2)c1)c1cccc([N+](=O)[O-])c1. The third kappa shape index (κ3) is 5.51. The van der Waals surface area contributed by atoms with Gasteiger partial charge in [-0.25, -0.2) is 4.98 Å². The van der Waals surface area contributed by atoms with E-state index >= 15 is 0 Å². The maximum Gasteiger partial charge on any atom is 0.269 e. The Labute approximate surface area is 172 Å². The first-order chi connectivity index (χ1) is 14.4. The first-order valence-corrected chi connectivity index (χ1v) is 9.33. The van der Waals surface area contributed by atoms with Crippen molar-refractivity contribution >= 4 is 23.2 Å². The lowest BCUT2D eigenvalue weighted by Crippen LogP contribution is -2.26. The number of hydrogen-bond donors (Lipinski definition) is 2. The van der Waals surface area contributed by atoms with E-state index in [-0.39, 0.29) is 23.9 Å². The Balaban J connectivity index is 1.60. The number of nitro groups is 1.